The minimum absolute atomic E-state index is 0.0465. The van der Waals surface area contributed by atoms with Gasteiger partial charge in [0.15, 0.2) is 0 Å². The van der Waals surface area contributed by atoms with Crippen LogP contribution < -0.4 is 5.32 Å². The van der Waals surface area contributed by atoms with Crippen molar-refractivity contribution < 1.29 is 29.0 Å². The lowest BCUT2D eigenvalue weighted by atomic mass is 9.95. The Balaban J connectivity index is 1.48. The first kappa shape index (κ1) is 24.7. The van der Waals surface area contributed by atoms with E-state index in [0.29, 0.717) is 6.54 Å². The van der Waals surface area contributed by atoms with E-state index in [1.165, 1.54) is 12.0 Å². The molecule has 8 heteroatoms. The summed E-state index contributed by atoms with van der Waals surface area (Å²) in [5.41, 5.74) is 3.12. The van der Waals surface area contributed by atoms with Gasteiger partial charge >= 0.3 is 12.1 Å². The molecule has 0 spiro atoms. The molecule has 1 aliphatic heterocycles. The Hall–Kier alpha value is -3.39. The van der Waals surface area contributed by atoms with Crippen LogP contribution >= 0.6 is 0 Å². The number of methoxy groups -OCH3 is 1. The summed E-state index contributed by atoms with van der Waals surface area (Å²) in [5, 5.41) is 12.2. The van der Waals surface area contributed by atoms with Crippen LogP contribution in [0.4, 0.5) is 4.79 Å². The van der Waals surface area contributed by atoms with Crippen LogP contribution in [0.3, 0.4) is 0 Å². The van der Waals surface area contributed by atoms with Gasteiger partial charge in [-0.15, -0.1) is 0 Å². The molecule has 35 heavy (non-hydrogen) atoms. The number of fused-ring (bicyclic) bond motifs is 3. The van der Waals surface area contributed by atoms with Crippen LogP contribution in [0.15, 0.2) is 48.5 Å². The Kier molecular flexibility index (Phi) is 7.12. The summed E-state index contributed by atoms with van der Waals surface area (Å²) >= 11 is 0. The van der Waals surface area contributed by atoms with E-state index in [1.807, 2.05) is 43.3 Å². The van der Waals surface area contributed by atoms with Gasteiger partial charge in [0.1, 0.15) is 12.1 Å². The molecular weight excluding hydrogens is 448 g/mol. The number of carboxylic acids is 1. The first-order valence-corrected chi connectivity index (χ1v) is 12.0. The number of amides is 2. The van der Waals surface area contributed by atoms with Crippen LogP contribution in [-0.2, 0) is 19.1 Å². The van der Waals surface area contributed by atoms with Crippen molar-refractivity contribution in [2.24, 2.45) is 11.8 Å². The van der Waals surface area contributed by atoms with Gasteiger partial charge < -0.3 is 24.8 Å². The van der Waals surface area contributed by atoms with Crippen LogP contribution in [0.2, 0.25) is 0 Å². The molecule has 2 aromatic carbocycles. The second-order valence-electron chi connectivity index (χ2n) is 9.45. The predicted octanol–water partition coefficient (Wildman–Crippen LogP) is 3.50. The zero-order valence-corrected chi connectivity index (χ0v) is 20.3. The SMILES string of the molecule is CCC(COC)(NC(=O)OCC1c2ccccc2-c2ccccc21)C(=O)N1C[C@@H](C)[C@H](C(=O)O)C1. The summed E-state index contributed by atoms with van der Waals surface area (Å²) < 4.78 is 11.0. The highest BCUT2D eigenvalue weighted by molar-refractivity contribution is 5.91. The monoisotopic (exact) mass is 480 g/mol. The molecule has 0 saturated carbocycles. The van der Waals surface area contributed by atoms with Crippen LogP contribution in [-0.4, -0.2) is 66.9 Å². The first-order valence-electron chi connectivity index (χ1n) is 12.0. The van der Waals surface area contributed by atoms with Crippen molar-refractivity contribution in [1.82, 2.24) is 10.2 Å². The third-order valence-electron chi connectivity index (χ3n) is 7.31. The number of carboxylic acid groups (broad SMARTS) is 1. The van der Waals surface area contributed by atoms with Crippen LogP contribution in [0, 0.1) is 11.8 Å². The molecule has 0 bridgehead atoms. The molecule has 1 aliphatic carbocycles. The molecule has 1 unspecified atom stereocenters. The van der Waals surface area contributed by atoms with E-state index in [0.717, 1.165) is 22.3 Å². The predicted molar refractivity (Wildman–Crippen MR) is 130 cm³/mol. The quantitative estimate of drug-likeness (QED) is 0.599. The van der Waals surface area contributed by atoms with Crippen molar-refractivity contribution in [3.63, 3.8) is 0 Å². The molecule has 1 heterocycles. The van der Waals surface area contributed by atoms with Gasteiger partial charge in [0.2, 0.25) is 0 Å². The number of carbonyl (C=O) groups excluding carboxylic acids is 2. The maximum absolute atomic E-state index is 13.5. The Labute approximate surface area is 205 Å². The molecule has 2 amide bonds. The maximum atomic E-state index is 13.5. The van der Waals surface area contributed by atoms with Gasteiger partial charge in [-0.1, -0.05) is 62.4 Å². The largest absolute Gasteiger partial charge is 0.481 e. The Morgan fingerprint density at radius 2 is 1.66 bits per heavy atom. The lowest BCUT2D eigenvalue weighted by Gasteiger charge is -2.35. The number of aliphatic carboxylic acids is 1. The Morgan fingerprint density at radius 1 is 1.06 bits per heavy atom. The van der Waals surface area contributed by atoms with E-state index in [2.05, 4.69) is 17.4 Å². The highest BCUT2D eigenvalue weighted by Gasteiger charge is 2.46. The smallest absolute Gasteiger partial charge is 0.408 e. The second kappa shape index (κ2) is 10.1. The van der Waals surface area contributed by atoms with Gasteiger partial charge in [0.05, 0.1) is 12.5 Å². The minimum Gasteiger partial charge on any atom is -0.481 e. The molecule has 2 aliphatic rings. The van der Waals surface area contributed by atoms with E-state index < -0.39 is 23.5 Å². The molecule has 1 fully saturated rings. The third-order valence-corrected chi connectivity index (χ3v) is 7.31. The van der Waals surface area contributed by atoms with Gasteiger partial charge in [-0.3, -0.25) is 9.59 Å². The van der Waals surface area contributed by atoms with Crippen LogP contribution in [0.1, 0.15) is 37.3 Å². The number of benzene rings is 2. The van der Waals surface area contributed by atoms with Crippen molar-refractivity contribution in [2.45, 2.75) is 31.7 Å². The molecule has 1 saturated heterocycles. The standard InChI is InChI=1S/C27H32N2O6/c1-4-27(16-34-3,25(32)29-13-17(2)22(14-29)24(30)31)28-26(33)35-15-23-20-11-7-5-9-18(20)19-10-6-8-12-21(19)23/h5-12,17,22-23H,4,13-16H2,1-3H3,(H,28,33)(H,30,31)/t17-,22-,27?/m1/s1. The van der Waals surface area contributed by atoms with Crippen molar-refractivity contribution in [3.8, 4) is 11.1 Å². The average molecular weight is 481 g/mol. The normalized spacial score (nSPS) is 20.6. The molecule has 2 aromatic rings. The number of likely N-dealkylation sites (tertiary alicyclic amines) is 1. The van der Waals surface area contributed by atoms with Gasteiger partial charge in [-0.2, -0.15) is 0 Å². The zero-order chi connectivity index (χ0) is 25.2. The van der Waals surface area contributed by atoms with Crippen molar-refractivity contribution in [2.75, 3.05) is 33.4 Å². The molecule has 2 N–H and O–H groups in total. The number of hydrogen-bond acceptors (Lipinski definition) is 5. The van der Waals surface area contributed by atoms with Crippen LogP contribution in [0.25, 0.3) is 11.1 Å². The van der Waals surface area contributed by atoms with Crippen molar-refractivity contribution >= 4 is 18.0 Å². The van der Waals surface area contributed by atoms with Gasteiger partial charge in [0.25, 0.3) is 5.91 Å². The summed E-state index contributed by atoms with van der Waals surface area (Å²) in [6.45, 7) is 4.10. The molecule has 3 atom stereocenters. The highest BCUT2D eigenvalue weighted by Crippen LogP contribution is 2.44. The lowest BCUT2D eigenvalue weighted by molar-refractivity contribution is -0.143. The summed E-state index contributed by atoms with van der Waals surface area (Å²) in [6.07, 6.45) is -0.437. The fraction of sp³-hybridized carbons (Fsp3) is 0.444. The van der Waals surface area contributed by atoms with E-state index in [-0.39, 0.29) is 43.9 Å². The molecule has 0 radical (unpaired) electrons. The van der Waals surface area contributed by atoms with Gasteiger partial charge in [-0.25, -0.2) is 4.79 Å². The topological polar surface area (TPSA) is 105 Å². The highest BCUT2D eigenvalue weighted by atomic mass is 16.5. The number of alkyl carbamates (subject to hydrolysis) is 1. The summed E-state index contributed by atoms with van der Waals surface area (Å²) in [7, 11) is 1.46. The van der Waals surface area contributed by atoms with E-state index in [1.54, 1.807) is 6.92 Å². The fourth-order valence-corrected chi connectivity index (χ4v) is 5.33. The average Bonchev–Trinajstić information content (AvgIpc) is 3.40. The van der Waals surface area contributed by atoms with Crippen LogP contribution in [0.5, 0.6) is 0 Å². The van der Waals surface area contributed by atoms with E-state index in [4.69, 9.17) is 9.47 Å². The summed E-state index contributed by atoms with van der Waals surface area (Å²) in [6, 6.07) is 16.1. The number of ether oxygens (including phenoxy) is 2. The molecule has 8 nitrogen and oxygen atoms in total. The van der Waals surface area contributed by atoms with Crippen molar-refractivity contribution in [1.29, 1.82) is 0 Å². The minimum atomic E-state index is -1.34. The number of hydrogen-bond donors (Lipinski definition) is 2. The number of rotatable bonds is 8. The van der Waals surface area contributed by atoms with Crippen molar-refractivity contribution in [3.05, 3.63) is 59.7 Å². The molecule has 186 valence electrons. The first-order chi connectivity index (χ1) is 16.8. The molecular formula is C27H32N2O6. The lowest BCUT2D eigenvalue weighted by Crippen LogP contribution is -2.62. The number of nitrogens with one attached hydrogen (secondary N) is 1. The summed E-state index contributed by atoms with van der Waals surface area (Å²) in [4.78, 5) is 39.5. The second-order valence-corrected chi connectivity index (χ2v) is 9.45. The fourth-order valence-electron chi connectivity index (χ4n) is 5.33. The molecule has 4 rings (SSSR count). The van der Waals surface area contributed by atoms with E-state index >= 15 is 0 Å². The zero-order valence-electron chi connectivity index (χ0n) is 20.3. The third kappa shape index (κ3) is 4.62. The number of carbonyl (C=O) groups is 3. The maximum Gasteiger partial charge on any atom is 0.408 e. The van der Waals surface area contributed by atoms with E-state index in [9.17, 15) is 19.5 Å². The Bertz CT molecular complexity index is 1070. The Morgan fingerprint density at radius 3 is 2.17 bits per heavy atom. The molecule has 0 aromatic heterocycles. The van der Waals surface area contributed by atoms with Gasteiger partial charge in [0, 0.05) is 26.1 Å². The summed E-state index contributed by atoms with van der Waals surface area (Å²) in [5.74, 6) is -2.19. The number of nitrogens with zero attached hydrogens (tertiary/aromatic N) is 1. The van der Waals surface area contributed by atoms with Gasteiger partial charge in [-0.05, 0) is 34.6 Å².